The van der Waals surface area contributed by atoms with Gasteiger partial charge < -0.3 is 10.2 Å². The maximum absolute atomic E-state index is 12.8. The Morgan fingerprint density at radius 1 is 1.06 bits per heavy atom. The van der Waals surface area contributed by atoms with E-state index in [1.54, 1.807) is 0 Å². The molecule has 100 valence electrons. The van der Waals surface area contributed by atoms with Gasteiger partial charge in [-0.2, -0.15) is 0 Å². The number of nitrogens with zero attached hydrogens (tertiary/aromatic N) is 1. The molecule has 1 aliphatic carbocycles. The highest BCUT2D eigenvalue weighted by molar-refractivity contribution is 5.83. The largest absolute Gasteiger partial charge is 0.336 e. The molecule has 0 aromatic rings. The number of amides is 1. The van der Waals surface area contributed by atoms with Gasteiger partial charge in [0.25, 0.3) is 0 Å². The second kappa shape index (κ2) is 3.96. The SMILES string of the molecule is O=C(C1CC12CCNCC2)N1C2CCCC1CC2. The average molecular weight is 248 g/mol. The Bertz CT molecular complexity index is 346. The summed E-state index contributed by atoms with van der Waals surface area (Å²) in [5.74, 6) is 0.921. The fourth-order valence-electron chi connectivity index (χ4n) is 4.83. The highest BCUT2D eigenvalue weighted by atomic mass is 16.2. The smallest absolute Gasteiger partial charge is 0.226 e. The summed E-state index contributed by atoms with van der Waals surface area (Å²) in [6.45, 7) is 2.24. The topological polar surface area (TPSA) is 32.3 Å². The molecule has 3 aliphatic heterocycles. The molecule has 1 amide bonds. The van der Waals surface area contributed by atoms with Crippen LogP contribution in [-0.2, 0) is 4.79 Å². The minimum atomic E-state index is 0.390. The second-order valence-corrected chi connectivity index (χ2v) is 6.93. The molecule has 4 fully saturated rings. The Kier molecular flexibility index (Phi) is 2.48. The number of nitrogens with one attached hydrogen (secondary N) is 1. The van der Waals surface area contributed by atoms with Crippen LogP contribution in [-0.4, -0.2) is 36.0 Å². The van der Waals surface area contributed by atoms with E-state index in [4.69, 9.17) is 0 Å². The second-order valence-electron chi connectivity index (χ2n) is 6.93. The first kappa shape index (κ1) is 11.3. The van der Waals surface area contributed by atoms with Gasteiger partial charge in [0.15, 0.2) is 0 Å². The average Bonchev–Trinajstić information content (AvgIpc) is 3.03. The molecule has 0 aromatic heterocycles. The molecular weight excluding hydrogens is 224 g/mol. The Labute approximate surface area is 109 Å². The number of carbonyl (C=O) groups is 1. The summed E-state index contributed by atoms with van der Waals surface area (Å²) in [6, 6.07) is 1.21. The van der Waals surface area contributed by atoms with Gasteiger partial charge >= 0.3 is 0 Å². The van der Waals surface area contributed by atoms with Gasteiger partial charge in [-0.05, 0) is 69.9 Å². The van der Waals surface area contributed by atoms with Crippen LogP contribution in [0.1, 0.15) is 51.4 Å². The van der Waals surface area contributed by atoms with Gasteiger partial charge in [-0.15, -0.1) is 0 Å². The number of fused-ring (bicyclic) bond motifs is 2. The molecule has 3 heteroatoms. The predicted molar refractivity (Wildman–Crippen MR) is 70.2 cm³/mol. The zero-order chi connectivity index (χ0) is 12.2. The summed E-state index contributed by atoms with van der Waals surface area (Å²) in [5, 5.41) is 3.42. The third kappa shape index (κ3) is 1.56. The lowest BCUT2D eigenvalue weighted by Crippen LogP contribution is -2.46. The Balaban J connectivity index is 1.48. The highest BCUT2D eigenvalue weighted by Crippen LogP contribution is 2.60. The van der Waals surface area contributed by atoms with Gasteiger partial charge in [0, 0.05) is 18.0 Å². The van der Waals surface area contributed by atoms with Crippen LogP contribution in [0.15, 0.2) is 0 Å². The zero-order valence-electron chi connectivity index (χ0n) is 11.2. The minimum absolute atomic E-state index is 0.390. The van der Waals surface area contributed by atoms with Crippen LogP contribution in [0.2, 0.25) is 0 Å². The number of piperidine rings is 2. The molecule has 2 bridgehead atoms. The monoisotopic (exact) mass is 248 g/mol. The van der Waals surface area contributed by atoms with Crippen LogP contribution in [0.4, 0.5) is 0 Å². The van der Waals surface area contributed by atoms with Crippen molar-refractivity contribution >= 4 is 5.91 Å². The van der Waals surface area contributed by atoms with E-state index in [-0.39, 0.29) is 0 Å². The van der Waals surface area contributed by atoms with E-state index in [1.165, 1.54) is 51.4 Å². The van der Waals surface area contributed by atoms with Crippen LogP contribution < -0.4 is 5.32 Å². The van der Waals surface area contributed by atoms with Gasteiger partial charge in [0.05, 0.1) is 0 Å². The molecule has 3 heterocycles. The summed E-state index contributed by atoms with van der Waals surface area (Å²) < 4.78 is 0. The maximum atomic E-state index is 12.8. The van der Waals surface area contributed by atoms with Crippen LogP contribution in [0.3, 0.4) is 0 Å². The van der Waals surface area contributed by atoms with E-state index in [2.05, 4.69) is 10.2 Å². The van der Waals surface area contributed by atoms with Gasteiger partial charge in [-0.3, -0.25) is 4.79 Å². The first-order valence-electron chi connectivity index (χ1n) is 7.83. The van der Waals surface area contributed by atoms with Crippen LogP contribution in [0.25, 0.3) is 0 Å². The van der Waals surface area contributed by atoms with Crippen molar-refractivity contribution in [2.75, 3.05) is 13.1 Å². The molecule has 3 unspecified atom stereocenters. The summed E-state index contributed by atoms with van der Waals surface area (Å²) in [6.07, 6.45) is 10.1. The molecule has 4 rings (SSSR count). The predicted octanol–water partition coefficient (Wildman–Crippen LogP) is 1.92. The lowest BCUT2D eigenvalue weighted by atomic mass is 9.91. The molecule has 0 aromatic carbocycles. The third-order valence-electron chi connectivity index (χ3n) is 6.04. The molecule has 3 nitrogen and oxygen atoms in total. The van der Waals surface area contributed by atoms with Gasteiger partial charge in [-0.1, -0.05) is 0 Å². The van der Waals surface area contributed by atoms with Gasteiger partial charge in [0.2, 0.25) is 5.91 Å². The van der Waals surface area contributed by atoms with Crippen molar-refractivity contribution < 1.29 is 4.79 Å². The molecule has 1 saturated carbocycles. The van der Waals surface area contributed by atoms with Crippen molar-refractivity contribution in [3.05, 3.63) is 0 Å². The quantitative estimate of drug-likeness (QED) is 0.769. The van der Waals surface area contributed by atoms with Crippen molar-refractivity contribution in [1.82, 2.24) is 10.2 Å². The van der Waals surface area contributed by atoms with E-state index in [9.17, 15) is 4.79 Å². The van der Waals surface area contributed by atoms with Crippen molar-refractivity contribution in [1.29, 1.82) is 0 Å². The maximum Gasteiger partial charge on any atom is 0.226 e. The lowest BCUT2D eigenvalue weighted by molar-refractivity contribution is -0.138. The summed E-state index contributed by atoms with van der Waals surface area (Å²) in [5.41, 5.74) is 0.416. The molecule has 3 atom stereocenters. The molecule has 1 spiro atoms. The molecule has 4 aliphatic rings. The first-order chi connectivity index (χ1) is 8.80. The normalized spacial score (nSPS) is 41.1. The van der Waals surface area contributed by atoms with E-state index in [0.29, 0.717) is 29.3 Å². The third-order valence-corrected chi connectivity index (χ3v) is 6.04. The summed E-state index contributed by atoms with van der Waals surface area (Å²) in [4.78, 5) is 15.1. The van der Waals surface area contributed by atoms with Crippen LogP contribution >= 0.6 is 0 Å². The Morgan fingerprint density at radius 3 is 2.39 bits per heavy atom. The Morgan fingerprint density at radius 2 is 1.72 bits per heavy atom. The van der Waals surface area contributed by atoms with Crippen molar-refractivity contribution in [2.45, 2.75) is 63.5 Å². The minimum Gasteiger partial charge on any atom is -0.336 e. The first-order valence-corrected chi connectivity index (χ1v) is 7.83. The number of rotatable bonds is 1. The van der Waals surface area contributed by atoms with E-state index in [0.717, 1.165) is 13.1 Å². The fraction of sp³-hybridized carbons (Fsp3) is 0.933. The lowest BCUT2D eigenvalue weighted by Gasteiger charge is -2.36. The van der Waals surface area contributed by atoms with Crippen molar-refractivity contribution in [3.8, 4) is 0 Å². The van der Waals surface area contributed by atoms with Gasteiger partial charge in [-0.25, -0.2) is 0 Å². The van der Waals surface area contributed by atoms with E-state index >= 15 is 0 Å². The molecule has 18 heavy (non-hydrogen) atoms. The molecule has 3 saturated heterocycles. The van der Waals surface area contributed by atoms with Crippen LogP contribution in [0.5, 0.6) is 0 Å². The fourth-order valence-corrected chi connectivity index (χ4v) is 4.83. The van der Waals surface area contributed by atoms with E-state index < -0.39 is 0 Å². The van der Waals surface area contributed by atoms with Gasteiger partial charge in [0.1, 0.15) is 0 Å². The Hall–Kier alpha value is -0.570. The molecular formula is C15H24N2O. The summed E-state index contributed by atoms with van der Waals surface area (Å²) >= 11 is 0. The zero-order valence-corrected chi connectivity index (χ0v) is 11.2. The summed E-state index contributed by atoms with van der Waals surface area (Å²) in [7, 11) is 0. The van der Waals surface area contributed by atoms with Crippen molar-refractivity contribution in [3.63, 3.8) is 0 Å². The van der Waals surface area contributed by atoms with E-state index in [1.807, 2.05) is 0 Å². The number of hydrogen-bond acceptors (Lipinski definition) is 2. The van der Waals surface area contributed by atoms with Crippen LogP contribution in [0, 0.1) is 11.3 Å². The number of carbonyl (C=O) groups excluding carboxylic acids is 1. The molecule has 0 radical (unpaired) electrons. The van der Waals surface area contributed by atoms with Crippen molar-refractivity contribution in [2.24, 2.45) is 11.3 Å². The molecule has 1 N–H and O–H groups in total. The highest BCUT2D eigenvalue weighted by Gasteiger charge is 2.60. The standard InChI is InChI=1S/C15H24N2O/c18-14(13-10-15(13)6-8-16-9-7-15)17-11-2-1-3-12(17)5-4-11/h11-13,16H,1-10H2. The number of hydrogen-bond donors (Lipinski definition) is 1.